The number of hydrogen-bond donors (Lipinski definition) is 0. The number of carbonyl (C=O) groups is 1. The third-order valence-electron chi connectivity index (χ3n) is 5.92. The average Bonchev–Trinajstić information content (AvgIpc) is 3.28. The van der Waals surface area contributed by atoms with Gasteiger partial charge < -0.3 is 4.90 Å². The van der Waals surface area contributed by atoms with Gasteiger partial charge in [0.1, 0.15) is 0 Å². The van der Waals surface area contributed by atoms with Crippen LogP contribution < -0.4 is 0 Å². The van der Waals surface area contributed by atoms with Crippen molar-refractivity contribution in [2.75, 3.05) is 26.2 Å². The highest BCUT2D eigenvalue weighted by Crippen LogP contribution is 2.27. The quantitative estimate of drug-likeness (QED) is 0.393. The Kier molecular flexibility index (Phi) is 6.49. The first-order chi connectivity index (χ1) is 16.2. The van der Waals surface area contributed by atoms with Crippen LogP contribution in [0, 0.1) is 17.0 Å². The molecule has 178 valence electrons. The maximum absolute atomic E-state index is 13.3. The Bertz CT molecular complexity index is 1330. The minimum absolute atomic E-state index is 0.0493. The first-order valence-electron chi connectivity index (χ1n) is 10.9. The molecule has 2 heterocycles. The van der Waals surface area contributed by atoms with Crippen LogP contribution in [-0.4, -0.2) is 64.4 Å². The number of nitro benzene ring substituents is 1. The summed E-state index contributed by atoms with van der Waals surface area (Å²) in [7, 11) is -4.06. The molecular formula is C23H25N5O5S. The van der Waals surface area contributed by atoms with Crippen LogP contribution in [0.3, 0.4) is 0 Å². The molecular weight excluding hydrogens is 458 g/mol. The van der Waals surface area contributed by atoms with E-state index >= 15 is 0 Å². The Balaban J connectivity index is 1.52. The Hall–Kier alpha value is -3.57. The summed E-state index contributed by atoms with van der Waals surface area (Å²) < 4.78 is 29.0. The molecule has 1 aliphatic rings. The summed E-state index contributed by atoms with van der Waals surface area (Å²) in [5, 5.41) is 15.7. The number of amides is 1. The molecule has 4 rings (SSSR count). The molecule has 10 nitrogen and oxygen atoms in total. The number of para-hydroxylation sites is 1. The number of benzene rings is 2. The fourth-order valence-corrected chi connectivity index (χ4v) is 5.65. The van der Waals surface area contributed by atoms with Gasteiger partial charge in [-0.25, -0.2) is 13.1 Å². The summed E-state index contributed by atoms with van der Waals surface area (Å²) in [6.45, 7) is 4.41. The van der Waals surface area contributed by atoms with Crippen LogP contribution in [-0.2, 0) is 16.4 Å². The second-order valence-electron chi connectivity index (χ2n) is 8.03. The SMILES string of the molecule is CCc1c(C(=O)N2CCN(S(=O)(=O)c3ccccc3[N+](=O)[O-])CC2)cnn1-c1ccc(C)cc1. The number of rotatable bonds is 6. The van der Waals surface area contributed by atoms with Crippen molar-refractivity contribution in [1.29, 1.82) is 0 Å². The lowest BCUT2D eigenvalue weighted by atomic mass is 10.1. The zero-order chi connectivity index (χ0) is 24.5. The number of piperazine rings is 1. The molecule has 0 saturated carbocycles. The van der Waals surface area contributed by atoms with E-state index in [9.17, 15) is 23.3 Å². The molecule has 0 radical (unpaired) electrons. The summed E-state index contributed by atoms with van der Waals surface area (Å²) in [5.74, 6) is -0.210. The van der Waals surface area contributed by atoms with Crippen LogP contribution >= 0.6 is 0 Å². The predicted molar refractivity (Wildman–Crippen MR) is 125 cm³/mol. The van der Waals surface area contributed by atoms with E-state index in [1.54, 1.807) is 15.8 Å². The molecule has 2 aromatic carbocycles. The minimum atomic E-state index is -4.06. The van der Waals surface area contributed by atoms with Crippen molar-refractivity contribution >= 4 is 21.6 Å². The van der Waals surface area contributed by atoms with Crippen LogP contribution in [0.5, 0.6) is 0 Å². The molecule has 1 aromatic heterocycles. The molecule has 0 N–H and O–H groups in total. The van der Waals surface area contributed by atoms with E-state index in [-0.39, 0.29) is 37.0 Å². The highest BCUT2D eigenvalue weighted by Gasteiger charge is 2.35. The summed E-state index contributed by atoms with van der Waals surface area (Å²) in [4.78, 5) is 25.1. The number of aryl methyl sites for hydroxylation is 1. The highest BCUT2D eigenvalue weighted by molar-refractivity contribution is 7.89. The Labute approximate surface area is 197 Å². The summed E-state index contributed by atoms with van der Waals surface area (Å²) >= 11 is 0. The van der Waals surface area contributed by atoms with E-state index in [0.29, 0.717) is 12.0 Å². The normalized spacial score (nSPS) is 14.8. The fourth-order valence-electron chi connectivity index (χ4n) is 4.07. The first-order valence-corrected chi connectivity index (χ1v) is 12.3. The van der Waals surface area contributed by atoms with Crippen LogP contribution in [0.4, 0.5) is 5.69 Å². The largest absolute Gasteiger partial charge is 0.336 e. The average molecular weight is 484 g/mol. The molecule has 0 bridgehead atoms. The number of nitrogens with zero attached hydrogens (tertiary/aromatic N) is 5. The van der Waals surface area contributed by atoms with Crippen molar-refractivity contribution in [2.45, 2.75) is 25.2 Å². The van der Waals surface area contributed by atoms with Crippen molar-refractivity contribution in [2.24, 2.45) is 0 Å². The van der Waals surface area contributed by atoms with Gasteiger partial charge in [0.15, 0.2) is 4.90 Å². The lowest BCUT2D eigenvalue weighted by molar-refractivity contribution is -0.387. The van der Waals surface area contributed by atoms with Gasteiger partial charge in [-0.3, -0.25) is 14.9 Å². The first kappa shape index (κ1) is 23.6. The highest BCUT2D eigenvalue weighted by atomic mass is 32.2. The molecule has 1 aliphatic heterocycles. The van der Waals surface area contributed by atoms with Crippen molar-refractivity contribution in [3.63, 3.8) is 0 Å². The van der Waals surface area contributed by atoms with Gasteiger partial charge in [-0.15, -0.1) is 0 Å². The Morgan fingerprint density at radius 1 is 1.06 bits per heavy atom. The van der Waals surface area contributed by atoms with E-state index < -0.39 is 20.6 Å². The van der Waals surface area contributed by atoms with E-state index in [4.69, 9.17) is 0 Å². The van der Waals surface area contributed by atoms with E-state index in [1.807, 2.05) is 38.1 Å². The molecule has 1 saturated heterocycles. The monoisotopic (exact) mass is 483 g/mol. The molecule has 0 unspecified atom stereocenters. The number of nitro groups is 1. The van der Waals surface area contributed by atoms with Gasteiger partial charge in [0, 0.05) is 32.2 Å². The van der Waals surface area contributed by atoms with Gasteiger partial charge in [0.25, 0.3) is 11.6 Å². The smallest absolute Gasteiger partial charge is 0.289 e. The number of sulfonamides is 1. The van der Waals surface area contributed by atoms with Gasteiger partial charge in [0.2, 0.25) is 10.0 Å². The Morgan fingerprint density at radius 3 is 2.32 bits per heavy atom. The summed E-state index contributed by atoms with van der Waals surface area (Å²) in [5.41, 5.74) is 2.79. The van der Waals surface area contributed by atoms with Gasteiger partial charge in [-0.1, -0.05) is 36.8 Å². The zero-order valence-corrected chi connectivity index (χ0v) is 19.7. The molecule has 0 spiro atoms. The van der Waals surface area contributed by atoms with Crippen molar-refractivity contribution in [3.05, 3.63) is 81.7 Å². The maximum atomic E-state index is 13.3. The van der Waals surface area contributed by atoms with Crippen LogP contribution in [0.25, 0.3) is 5.69 Å². The minimum Gasteiger partial charge on any atom is -0.336 e. The van der Waals surface area contributed by atoms with E-state index in [0.717, 1.165) is 16.9 Å². The fraction of sp³-hybridized carbons (Fsp3) is 0.304. The predicted octanol–water partition coefficient (Wildman–Crippen LogP) is 2.80. The summed E-state index contributed by atoms with van der Waals surface area (Å²) in [6, 6.07) is 13.1. The molecule has 0 atom stereocenters. The van der Waals surface area contributed by atoms with Crippen LogP contribution in [0.15, 0.2) is 59.6 Å². The molecule has 3 aromatic rings. The molecule has 34 heavy (non-hydrogen) atoms. The third kappa shape index (κ3) is 4.31. The van der Waals surface area contributed by atoms with Crippen LogP contribution in [0.2, 0.25) is 0 Å². The third-order valence-corrected chi connectivity index (χ3v) is 7.86. The van der Waals surface area contributed by atoms with E-state index in [2.05, 4.69) is 5.10 Å². The van der Waals surface area contributed by atoms with Crippen molar-refractivity contribution < 1.29 is 18.1 Å². The standard InChI is InChI=1S/C23H25N5O5S/c1-3-20-19(16-24-27(20)18-10-8-17(2)9-11-18)23(29)25-12-14-26(15-13-25)34(32,33)22-7-5-4-6-21(22)28(30)31/h4-11,16H,3,12-15H2,1-2H3. The molecule has 1 amide bonds. The van der Waals surface area contributed by atoms with E-state index in [1.165, 1.54) is 28.6 Å². The Morgan fingerprint density at radius 2 is 1.71 bits per heavy atom. The number of aromatic nitrogens is 2. The number of hydrogen-bond acceptors (Lipinski definition) is 6. The summed E-state index contributed by atoms with van der Waals surface area (Å²) in [6.07, 6.45) is 2.15. The van der Waals surface area contributed by atoms with Crippen molar-refractivity contribution in [1.82, 2.24) is 19.0 Å². The van der Waals surface area contributed by atoms with Gasteiger partial charge in [-0.2, -0.15) is 9.40 Å². The van der Waals surface area contributed by atoms with Gasteiger partial charge >= 0.3 is 0 Å². The second kappa shape index (κ2) is 9.35. The second-order valence-corrected chi connectivity index (χ2v) is 9.93. The van der Waals surface area contributed by atoms with Gasteiger partial charge in [-0.05, 0) is 31.5 Å². The zero-order valence-electron chi connectivity index (χ0n) is 18.9. The topological polar surface area (TPSA) is 119 Å². The van der Waals surface area contributed by atoms with Gasteiger partial charge in [0.05, 0.1) is 28.1 Å². The maximum Gasteiger partial charge on any atom is 0.289 e. The molecule has 0 aliphatic carbocycles. The van der Waals surface area contributed by atoms with Crippen LogP contribution in [0.1, 0.15) is 28.5 Å². The molecule has 1 fully saturated rings. The lowest BCUT2D eigenvalue weighted by Crippen LogP contribution is -2.50. The number of carbonyl (C=O) groups excluding carboxylic acids is 1. The molecule has 11 heteroatoms. The van der Waals surface area contributed by atoms with Crippen molar-refractivity contribution in [3.8, 4) is 5.69 Å². The lowest BCUT2D eigenvalue weighted by Gasteiger charge is -2.33.